The molecule has 0 amide bonds. The quantitative estimate of drug-likeness (QED) is 0.168. The predicted octanol–water partition coefficient (Wildman–Crippen LogP) is 14.6. The molecule has 0 aliphatic heterocycles. The smallest absolute Gasteiger partial charge is 0.238 e. The van der Waals surface area contributed by atoms with Gasteiger partial charge in [-0.3, -0.25) is 4.57 Å². The molecular formula is C57H35N5O. The third-order valence-corrected chi connectivity index (χ3v) is 12.4. The second-order valence-corrected chi connectivity index (χ2v) is 16.0. The summed E-state index contributed by atoms with van der Waals surface area (Å²) >= 11 is 0. The summed E-state index contributed by atoms with van der Waals surface area (Å²) in [5, 5.41) is 6.76. The van der Waals surface area contributed by atoms with E-state index in [0.29, 0.717) is 17.6 Å². The van der Waals surface area contributed by atoms with Crippen LogP contribution in [0.5, 0.6) is 0 Å². The Bertz CT molecular complexity index is 3850. The predicted molar refractivity (Wildman–Crippen MR) is 258 cm³/mol. The van der Waals surface area contributed by atoms with Crippen molar-refractivity contribution < 1.29 is 4.42 Å². The second-order valence-electron chi connectivity index (χ2n) is 16.0. The van der Waals surface area contributed by atoms with Crippen molar-refractivity contribution in [2.45, 2.75) is 0 Å². The minimum Gasteiger partial charge on any atom is -0.456 e. The maximum Gasteiger partial charge on any atom is 0.238 e. The fraction of sp³-hybridized carbons (Fsp3) is 0. The number of hydrogen-bond donors (Lipinski definition) is 0. The van der Waals surface area contributed by atoms with E-state index in [-0.39, 0.29) is 0 Å². The molecule has 4 aromatic heterocycles. The van der Waals surface area contributed by atoms with Gasteiger partial charge in [0.25, 0.3) is 0 Å². The molecule has 0 aliphatic carbocycles. The van der Waals surface area contributed by atoms with Crippen molar-refractivity contribution in [3.8, 4) is 56.7 Å². The van der Waals surface area contributed by atoms with Crippen LogP contribution in [0.25, 0.3) is 122 Å². The van der Waals surface area contributed by atoms with Crippen molar-refractivity contribution in [2.24, 2.45) is 0 Å². The Morgan fingerprint density at radius 3 is 1.43 bits per heavy atom. The van der Waals surface area contributed by atoms with Gasteiger partial charge in [-0.25, -0.2) is 4.98 Å². The van der Waals surface area contributed by atoms with Gasteiger partial charge in [-0.15, -0.1) is 0 Å². The summed E-state index contributed by atoms with van der Waals surface area (Å²) in [5.74, 6) is 1.70. The molecule has 6 heteroatoms. The maximum absolute atomic E-state index is 6.34. The summed E-state index contributed by atoms with van der Waals surface area (Å²) < 4.78 is 11.0. The maximum atomic E-state index is 6.34. The lowest BCUT2D eigenvalue weighted by atomic mass is 9.98. The third-order valence-electron chi connectivity index (χ3n) is 12.4. The highest BCUT2D eigenvalue weighted by molar-refractivity contribution is 6.29. The Morgan fingerprint density at radius 1 is 0.302 bits per heavy atom. The largest absolute Gasteiger partial charge is 0.456 e. The van der Waals surface area contributed by atoms with Crippen LogP contribution in [0.4, 0.5) is 0 Å². The molecule has 0 bridgehead atoms. The Hall–Kier alpha value is -8.61. The normalized spacial score (nSPS) is 11.8. The number of benzene rings is 9. The number of fused-ring (bicyclic) bond motifs is 10. The topological polar surface area (TPSA) is 61.7 Å². The highest BCUT2D eigenvalue weighted by atomic mass is 16.3. The van der Waals surface area contributed by atoms with Crippen LogP contribution >= 0.6 is 0 Å². The Labute approximate surface area is 361 Å². The van der Waals surface area contributed by atoms with Gasteiger partial charge in [0.2, 0.25) is 5.95 Å². The fourth-order valence-corrected chi connectivity index (χ4v) is 9.52. The van der Waals surface area contributed by atoms with Crippen LogP contribution < -0.4 is 0 Å². The zero-order valence-corrected chi connectivity index (χ0v) is 33.9. The van der Waals surface area contributed by atoms with E-state index in [1.165, 1.54) is 21.9 Å². The molecule has 0 fully saturated rings. The number of aromatic nitrogens is 5. The lowest BCUT2D eigenvalue weighted by Crippen LogP contribution is -2.06. The molecule has 0 unspecified atom stereocenters. The minimum atomic E-state index is 0.543. The monoisotopic (exact) mass is 805 g/mol. The van der Waals surface area contributed by atoms with Gasteiger partial charge >= 0.3 is 0 Å². The summed E-state index contributed by atoms with van der Waals surface area (Å²) in [7, 11) is 0. The SMILES string of the molecule is c1ccc(-c2cc(-c3ccccc3)cc(-n3c4ccccc4c4c5c6ccccc6n(-c6nc(-c7ccccc7)nc(-c7ccc8c(c7)oc7ccccc78)n6)c5ccc43)c2)cc1. The van der Waals surface area contributed by atoms with Crippen LogP contribution in [0.15, 0.2) is 217 Å². The van der Waals surface area contributed by atoms with Crippen LogP contribution in [-0.2, 0) is 0 Å². The summed E-state index contributed by atoms with van der Waals surface area (Å²) in [4.78, 5) is 15.7. The van der Waals surface area contributed by atoms with Crippen molar-refractivity contribution in [3.05, 3.63) is 212 Å². The Balaban J connectivity index is 1.08. The molecule has 0 aliphatic rings. The molecule has 294 valence electrons. The van der Waals surface area contributed by atoms with Crippen LogP contribution in [0, 0.1) is 0 Å². The first kappa shape index (κ1) is 35.2. The van der Waals surface area contributed by atoms with Crippen molar-refractivity contribution in [3.63, 3.8) is 0 Å². The molecule has 13 rings (SSSR count). The Morgan fingerprint density at radius 2 is 0.794 bits per heavy atom. The molecule has 0 N–H and O–H groups in total. The zero-order valence-electron chi connectivity index (χ0n) is 33.9. The van der Waals surface area contributed by atoms with Gasteiger partial charge in [0.05, 0.1) is 22.1 Å². The van der Waals surface area contributed by atoms with Gasteiger partial charge < -0.3 is 8.98 Å². The summed E-state index contributed by atoms with van der Waals surface area (Å²) in [5.41, 5.74) is 13.4. The molecule has 6 nitrogen and oxygen atoms in total. The minimum absolute atomic E-state index is 0.543. The molecule has 0 saturated carbocycles. The van der Waals surface area contributed by atoms with E-state index in [1.807, 2.05) is 54.6 Å². The van der Waals surface area contributed by atoms with Gasteiger partial charge in [-0.05, 0) is 82.9 Å². The van der Waals surface area contributed by atoms with Gasteiger partial charge in [0.1, 0.15) is 11.2 Å². The number of nitrogens with zero attached hydrogens (tertiary/aromatic N) is 5. The molecular weight excluding hydrogens is 771 g/mol. The molecule has 0 radical (unpaired) electrons. The molecule has 0 atom stereocenters. The van der Waals surface area contributed by atoms with Crippen LogP contribution in [-0.4, -0.2) is 24.1 Å². The van der Waals surface area contributed by atoms with E-state index < -0.39 is 0 Å². The average Bonchev–Trinajstić information content (AvgIpc) is 4.02. The zero-order chi connectivity index (χ0) is 41.4. The highest BCUT2D eigenvalue weighted by Gasteiger charge is 2.23. The van der Waals surface area contributed by atoms with Gasteiger partial charge in [0.15, 0.2) is 11.6 Å². The number of rotatable bonds is 6. The number of hydrogen-bond acceptors (Lipinski definition) is 4. The van der Waals surface area contributed by atoms with E-state index in [0.717, 1.165) is 82.7 Å². The van der Waals surface area contributed by atoms with E-state index in [1.54, 1.807) is 0 Å². The molecule has 13 aromatic rings. The number of para-hydroxylation sites is 3. The number of furan rings is 1. The van der Waals surface area contributed by atoms with Crippen molar-refractivity contribution >= 4 is 65.6 Å². The second kappa shape index (κ2) is 14.0. The van der Waals surface area contributed by atoms with Crippen LogP contribution in [0.2, 0.25) is 0 Å². The first-order valence-corrected chi connectivity index (χ1v) is 21.2. The lowest BCUT2D eigenvalue weighted by Gasteiger charge is -2.14. The molecule has 0 spiro atoms. The van der Waals surface area contributed by atoms with E-state index in [9.17, 15) is 0 Å². The van der Waals surface area contributed by atoms with E-state index in [4.69, 9.17) is 19.4 Å². The average molecular weight is 806 g/mol. The van der Waals surface area contributed by atoms with Crippen LogP contribution in [0.1, 0.15) is 0 Å². The lowest BCUT2D eigenvalue weighted by molar-refractivity contribution is 0.669. The molecule has 63 heavy (non-hydrogen) atoms. The first-order chi connectivity index (χ1) is 31.2. The van der Waals surface area contributed by atoms with Gasteiger partial charge in [-0.2, -0.15) is 9.97 Å². The fourth-order valence-electron chi connectivity index (χ4n) is 9.52. The van der Waals surface area contributed by atoms with Gasteiger partial charge in [-0.1, -0.05) is 152 Å². The van der Waals surface area contributed by atoms with E-state index in [2.05, 4.69) is 167 Å². The van der Waals surface area contributed by atoms with Crippen molar-refractivity contribution in [2.75, 3.05) is 0 Å². The van der Waals surface area contributed by atoms with Crippen molar-refractivity contribution in [1.29, 1.82) is 0 Å². The highest BCUT2D eigenvalue weighted by Crippen LogP contribution is 2.43. The Kier molecular flexibility index (Phi) is 7.80. The summed E-state index contributed by atoms with van der Waals surface area (Å²) in [6, 6.07) is 74.6. The van der Waals surface area contributed by atoms with E-state index >= 15 is 0 Å². The van der Waals surface area contributed by atoms with Crippen molar-refractivity contribution in [1.82, 2.24) is 24.1 Å². The van der Waals surface area contributed by atoms with Crippen LogP contribution in [0.3, 0.4) is 0 Å². The molecule has 4 heterocycles. The first-order valence-electron chi connectivity index (χ1n) is 21.2. The standard InChI is InChI=1S/C57H35N5O/c1-4-16-36(17-5-1)40-32-41(37-18-6-2-7-19-37)34-42(33-40)61-47-25-13-10-23-45(47)53-49(61)30-31-50-54(53)46-24-11-14-26-48(46)62(50)57-59-55(38-20-8-3-9-21-38)58-56(60-57)39-28-29-44-43-22-12-15-27-51(43)63-52(44)35-39/h1-35H. The third kappa shape index (κ3) is 5.62. The summed E-state index contributed by atoms with van der Waals surface area (Å²) in [6.45, 7) is 0. The molecule has 0 saturated heterocycles. The molecule has 9 aromatic carbocycles. The summed E-state index contributed by atoms with van der Waals surface area (Å²) in [6.07, 6.45) is 0. The van der Waals surface area contributed by atoms with Gasteiger partial charge in [0, 0.05) is 49.1 Å².